The van der Waals surface area contributed by atoms with Gasteiger partial charge in [-0.15, -0.1) is 0 Å². The molecule has 0 aromatic heterocycles. The zero-order chi connectivity index (χ0) is 14.5. The predicted molar refractivity (Wildman–Crippen MR) is 84.1 cm³/mol. The second-order valence-corrected chi connectivity index (χ2v) is 5.49. The van der Waals surface area contributed by atoms with E-state index in [4.69, 9.17) is 0 Å². The maximum absolute atomic E-state index is 11.3. The Bertz CT molecular complexity index is 543. The van der Waals surface area contributed by atoms with E-state index in [0.717, 1.165) is 13.1 Å². The number of benzene rings is 2. The van der Waals surface area contributed by atoms with Crippen molar-refractivity contribution in [3.05, 3.63) is 71.8 Å². The average molecular weight is 280 g/mol. The zero-order valence-electron chi connectivity index (χ0n) is 12.0. The Kier molecular flexibility index (Phi) is 4.31. The van der Waals surface area contributed by atoms with E-state index in [1.165, 1.54) is 11.1 Å². The molecule has 0 saturated carbocycles. The maximum atomic E-state index is 11.3. The van der Waals surface area contributed by atoms with Crippen LogP contribution in [0.1, 0.15) is 23.5 Å². The smallest absolute Gasteiger partial charge is 0.221 e. The Morgan fingerprint density at radius 1 is 1.00 bits per heavy atom. The lowest BCUT2D eigenvalue weighted by atomic mass is 9.91. The Balaban J connectivity index is 1.75. The number of hydrogen-bond donors (Lipinski definition) is 2. The highest BCUT2D eigenvalue weighted by atomic mass is 16.1. The fourth-order valence-corrected chi connectivity index (χ4v) is 2.83. The summed E-state index contributed by atoms with van der Waals surface area (Å²) in [4.78, 5) is 11.3. The van der Waals surface area contributed by atoms with Gasteiger partial charge in [-0.25, -0.2) is 0 Å². The van der Waals surface area contributed by atoms with Crippen LogP contribution >= 0.6 is 0 Å². The van der Waals surface area contributed by atoms with Gasteiger partial charge in [-0.2, -0.15) is 0 Å². The summed E-state index contributed by atoms with van der Waals surface area (Å²) in [6, 6.07) is 21.3. The molecule has 1 saturated heterocycles. The van der Waals surface area contributed by atoms with Crippen molar-refractivity contribution in [3.8, 4) is 0 Å². The molecule has 3 rings (SSSR count). The third-order valence-corrected chi connectivity index (χ3v) is 3.99. The average Bonchev–Trinajstić information content (AvgIpc) is 2.95. The van der Waals surface area contributed by atoms with Gasteiger partial charge in [0.25, 0.3) is 0 Å². The van der Waals surface area contributed by atoms with E-state index in [9.17, 15) is 4.79 Å². The SMILES string of the molecule is O=C1CC(NCC(c2ccccc2)c2ccccc2)CN1. The van der Waals surface area contributed by atoms with Crippen LogP contribution in [-0.4, -0.2) is 25.0 Å². The maximum Gasteiger partial charge on any atom is 0.221 e. The van der Waals surface area contributed by atoms with Crippen molar-refractivity contribution in [1.82, 2.24) is 10.6 Å². The summed E-state index contributed by atoms with van der Waals surface area (Å²) < 4.78 is 0. The Morgan fingerprint density at radius 3 is 2.05 bits per heavy atom. The summed E-state index contributed by atoms with van der Waals surface area (Å²) in [6.45, 7) is 1.57. The molecule has 3 heteroatoms. The van der Waals surface area contributed by atoms with Crippen LogP contribution < -0.4 is 10.6 Å². The summed E-state index contributed by atoms with van der Waals surface area (Å²) in [6.07, 6.45) is 0.580. The van der Waals surface area contributed by atoms with E-state index in [1.807, 2.05) is 12.1 Å². The fourth-order valence-electron chi connectivity index (χ4n) is 2.83. The molecule has 1 unspecified atom stereocenters. The van der Waals surface area contributed by atoms with Crippen molar-refractivity contribution in [2.24, 2.45) is 0 Å². The lowest BCUT2D eigenvalue weighted by Gasteiger charge is -2.21. The van der Waals surface area contributed by atoms with Crippen LogP contribution in [0.2, 0.25) is 0 Å². The summed E-state index contributed by atoms with van der Waals surface area (Å²) >= 11 is 0. The quantitative estimate of drug-likeness (QED) is 0.882. The highest BCUT2D eigenvalue weighted by Crippen LogP contribution is 2.24. The van der Waals surface area contributed by atoms with Crippen molar-refractivity contribution in [1.29, 1.82) is 0 Å². The van der Waals surface area contributed by atoms with Crippen LogP contribution in [0.5, 0.6) is 0 Å². The van der Waals surface area contributed by atoms with E-state index >= 15 is 0 Å². The van der Waals surface area contributed by atoms with Crippen molar-refractivity contribution in [2.75, 3.05) is 13.1 Å². The van der Waals surface area contributed by atoms with Crippen LogP contribution in [-0.2, 0) is 4.79 Å². The van der Waals surface area contributed by atoms with Gasteiger partial charge < -0.3 is 10.6 Å². The first kappa shape index (κ1) is 13.8. The summed E-state index contributed by atoms with van der Waals surface area (Å²) in [5.41, 5.74) is 2.60. The van der Waals surface area contributed by atoms with Crippen LogP contribution in [0.15, 0.2) is 60.7 Å². The van der Waals surface area contributed by atoms with Gasteiger partial charge in [-0.3, -0.25) is 4.79 Å². The lowest BCUT2D eigenvalue weighted by molar-refractivity contribution is -0.119. The molecule has 1 aliphatic rings. The molecule has 0 bridgehead atoms. The summed E-state index contributed by atoms with van der Waals surface area (Å²) in [7, 11) is 0. The van der Waals surface area contributed by atoms with Crippen molar-refractivity contribution in [2.45, 2.75) is 18.4 Å². The van der Waals surface area contributed by atoms with E-state index < -0.39 is 0 Å². The molecule has 0 aliphatic carbocycles. The number of carbonyl (C=O) groups is 1. The van der Waals surface area contributed by atoms with Crippen molar-refractivity contribution in [3.63, 3.8) is 0 Å². The molecule has 0 radical (unpaired) electrons. The summed E-state index contributed by atoms with van der Waals surface area (Å²) in [5, 5.41) is 6.40. The monoisotopic (exact) mass is 280 g/mol. The van der Waals surface area contributed by atoms with Gasteiger partial charge in [0.15, 0.2) is 0 Å². The molecule has 3 nitrogen and oxygen atoms in total. The third-order valence-electron chi connectivity index (χ3n) is 3.99. The number of rotatable bonds is 5. The van der Waals surface area contributed by atoms with Crippen LogP contribution in [0, 0.1) is 0 Å². The molecule has 1 fully saturated rings. The van der Waals surface area contributed by atoms with E-state index in [0.29, 0.717) is 12.3 Å². The van der Waals surface area contributed by atoms with E-state index in [1.54, 1.807) is 0 Å². The molecule has 2 N–H and O–H groups in total. The first-order valence-corrected chi connectivity index (χ1v) is 7.43. The first-order valence-electron chi connectivity index (χ1n) is 7.43. The molecule has 21 heavy (non-hydrogen) atoms. The molecule has 1 heterocycles. The first-order chi connectivity index (χ1) is 10.3. The highest BCUT2D eigenvalue weighted by molar-refractivity contribution is 5.78. The van der Waals surface area contributed by atoms with Crippen molar-refractivity contribution < 1.29 is 4.79 Å². The molecule has 2 aromatic carbocycles. The van der Waals surface area contributed by atoms with Gasteiger partial charge in [-0.05, 0) is 11.1 Å². The van der Waals surface area contributed by atoms with E-state index in [2.05, 4.69) is 59.2 Å². The minimum absolute atomic E-state index is 0.142. The van der Waals surface area contributed by atoms with Gasteiger partial charge >= 0.3 is 0 Å². The fraction of sp³-hybridized carbons (Fsp3) is 0.278. The third kappa shape index (κ3) is 3.50. The van der Waals surface area contributed by atoms with Crippen LogP contribution in [0.3, 0.4) is 0 Å². The highest BCUT2D eigenvalue weighted by Gasteiger charge is 2.22. The van der Waals surface area contributed by atoms with Gasteiger partial charge in [0.1, 0.15) is 0 Å². The minimum atomic E-state index is 0.142. The Hall–Kier alpha value is -2.13. The molecule has 1 atom stereocenters. The van der Waals surface area contributed by atoms with Crippen LogP contribution in [0.4, 0.5) is 0 Å². The topological polar surface area (TPSA) is 41.1 Å². The van der Waals surface area contributed by atoms with Gasteiger partial charge in [-0.1, -0.05) is 60.7 Å². The Morgan fingerprint density at radius 2 is 1.57 bits per heavy atom. The predicted octanol–water partition coefficient (Wildman–Crippen LogP) is 2.30. The second-order valence-electron chi connectivity index (χ2n) is 5.49. The number of nitrogens with one attached hydrogen (secondary N) is 2. The Labute approximate surface area is 125 Å². The molecule has 1 amide bonds. The van der Waals surface area contributed by atoms with Gasteiger partial charge in [0.05, 0.1) is 0 Å². The van der Waals surface area contributed by atoms with Crippen molar-refractivity contribution >= 4 is 5.91 Å². The number of carbonyl (C=O) groups excluding carboxylic acids is 1. The van der Waals surface area contributed by atoms with E-state index in [-0.39, 0.29) is 11.9 Å². The number of hydrogen-bond acceptors (Lipinski definition) is 2. The standard InChI is InChI=1S/C18H20N2O/c21-18-11-16(12-20-18)19-13-17(14-7-3-1-4-8-14)15-9-5-2-6-10-15/h1-10,16-17,19H,11-13H2,(H,20,21). The molecule has 0 spiro atoms. The van der Waals surface area contributed by atoms with Crippen LogP contribution in [0.25, 0.3) is 0 Å². The van der Waals surface area contributed by atoms with Gasteiger partial charge in [0, 0.05) is 31.5 Å². The number of amides is 1. The largest absolute Gasteiger partial charge is 0.354 e. The summed E-state index contributed by atoms with van der Waals surface area (Å²) in [5.74, 6) is 0.451. The zero-order valence-corrected chi connectivity index (χ0v) is 12.0. The molecule has 1 aliphatic heterocycles. The second kappa shape index (κ2) is 6.55. The molecule has 2 aromatic rings. The molecular weight excluding hydrogens is 260 g/mol. The molecule has 108 valence electrons. The molecular formula is C18H20N2O. The minimum Gasteiger partial charge on any atom is -0.354 e. The normalized spacial score (nSPS) is 18.0. The lowest BCUT2D eigenvalue weighted by Crippen LogP contribution is -2.34. The van der Waals surface area contributed by atoms with Gasteiger partial charge in [0.2, 0.25) is 5.91 Å².